The van der Waals surface area contributed by atoms with E-state index in [-0.39, 0.29) is 0 Å². The summed E-state index contributed by atoms with van der Waals surface area (Å²) in [5.41, 5.74) is 0. The Hall–Kier alpha value is -1.03. The topological polar surface area (TPSA) is 104 Å². The molecule has 3 N–H and O–H groups in total. The summed E-state index contributed by atoms with van der Waals surface area (Å²) in [6, 6.07) is 1.49. The van der Waals surface area contributed by atoms with E-state index < -0.39 is 39.4 Å². The highest BCUT2D eigenvalue weighted by Gasteiger charge is 2.26. The van der Waals surface area contributed by atoms with Gasteiger partial charge in [-0.3, -0.25) is 4.79 Å². The Balaban J connectivity index is 3.10. The lowest BCUT2D eigenvalue weighted by Gasteiger charge is -2.12. The molecule has 1 rings (SSSR count). The van der Waals surface area contributed by atoms with Crippen molar-refractivity contribution < 1.29 is 27.8 Å². The Bertz CT molecular complexity index is 562. The lowest BCUT2D eigenvalue weighted by molar-refractivity contribution is -0.139. The van der Waals surface area contributed by atoms with Crippen LogP contribution in [0.3, 0.4) is 0 Å². The molecule has 0 spiro atoms. The third-order valence-corrected chi connectivity index (χ3v) is 3.96. The molecule has 0 fully saturated rings. The number of aliphatic hydroxyl groups excluding tert-OH is 1. The number of rotatable bonds is 5. The molecule has 0 heterocycles. The first-order valence-corrected chi connectivity index (χ1v) is 6.86. The molecule has 0 radical (unpaired) electrons. The predicted octanol–water partition coefficient (Wildman–Crippen LogP) is 0.312. The number of carboxylic acid groups (broad SMARTS) is 1. The van der Waals surface area contributed by atoms with Crippen LogP contribution in [0.25, 0.3) is 0 Å². The van der Waals surface area contributed by atoms with Gasteiger partial charge >= 0.3 is 5.97 Å². The van der Waals surface area contributed by atoms with Gasteiger partial charge in [0, 0.05) is 4.47 Å². The van der Waals surface area contributed by atoms with E-state index in [0.29, 0.717) is 4.47 Å². The van der Waals surface area contributed by atoms with Crippen LogP contribution in [-0.2, 0) is 14.8 Å². The van der Waals surface area contributed by atoms with Crippen LogP contribution in [-0.4, -0.2) is 37.2 Å². The van der Waals surface area contributed by atoms with Crippen LogP contribution in [0.1, 0.15) is 0 Å². The monoisotopic (exact) mass is 341 g/mol. The number of hydrogen-bond acceptors (Lipinski definition) is 4. The number of carboxylic acids is 1. The Kier molecular flexibility index (Phi) is 4.79. The molecule has 0 bridgehead atoms. The standard InChI is InChI=1S/C9H9BrFNO5S/c10-5-1-2-8(6(11)3-5)18(16,17)12-7(4-13)9(14)15/h1-3,7,12-13H,4H2,(H,14,15)/t7-/m1/s1. The van der Waals surface area contributed by atoms with Crippen molar-refractivity contribution in [3.05, 3.63) is 28.5 Å². The van der Waals surface area contributed by atoms with Crippen molar-refractivity contribution >= 4 is 31.9 Å². The molecule has 0 amide bonds. The molecule has 9 heteroatoms. The van der Waals surface area contributed by atoms with Crippen LogP contribution in [0.2, 0.25) is 0 Å². The summed E-state index contributed by atoms with van der Waals surface area (Å²) in [5, 5.41) is 17.3. The van der Waals surface area contributed by atoms with Crippen molar-refractivity contribution in [2.24, 2.45) is 0 Å². The van der Waals surface area contributed by atoms with Gasteiger partial charge < -0.3 is 10.2 Å². The van der Waals surface area contributed by atoms with Gasteiger partial charge in [-0.1, -0.05) is 15.9 Å². The highest BCUT2D eigenvalue weighted by atomic mass is 79.9. The number of nitrogens with one attached hydrogen (secondary N) is 1. The summed E-state index contributed by atoms with van der Waals surface area (Å²) in [6.07, 6.45) is 0. The lowest BCUT2D eigenvalue weighted by Crippen LogP contribution is -2.43. The highest BCUT2D eigenvalue weighted by Crippen LogP contribution is 2.19. The van der Waals surface area contributed by atoms with Crippen LogP contribution < -0.4 is 4.72 Å². The number of carbonyl (C=O) groups is 1. The van der Waals surface area contributed by atoms with Gasteiger partial charge in [-0.15, -0.1) is 0 Å². The molecule has 0 aliphatic heterocycles. The molecule has 0 saturated heterocycles. The summed E-state index contributed by atoms with van der Waals surface area (Å²) >= 11 is 2.96. The molecule has 6 nitrogen and oxygen atoms in total. The zero-order valence-electron chi connectivity index (χ0n) is 8.80. The van der Waals surface area contributed by atoms with Crippen molar-refractivity contribution in [1.82, 2.24) is 4.72 Å². The van der Waals surface area contributed by atoms with E-state index in [2.05, 4.69) is 15.9 Å². The Morgan fingerprint density at radius 1 is 1.50 bits per heavy atom. The minimum absolute atomic E-state index is 0.343. The molecule has 100 valence electrons. The molecule has 1 aromatic rings. The number of halogens is 2. The first kappa shape index (κ1) is 15.0. The molecule has 18 heavy (non-hydrogen) atoms. The maximum Gasteiger partial charge on any atom is 0.324 e. The largest absolute Gasteiger partial charge is 0.480 e. The predicted molar refractivity (Wildman–Crippen MR) is 62.9 cm³/mol. The van der Waals surface area contributed by atoms with Crippen molar-refractivity contribution in [2.45, 2.75) is 10.9 Å². The third-order valence-electron chi connectivity index (χ3n) is 1.96. The van der Waals surface area contributed by atoms with Crippen molar-refractivity contribution in [3.8, 4) is 0 Å². The van der Waals surface area contributed by atoms with E-state index in [4.69, 9.17) is 10.2 Å². The van der Waals surface area contributed by atoms with Gasteiger partial charge in [0.2, 0.25) is 10.0 Å². The van der Waals surface area contributed by atoms with E-state index in [9.17, 15) is 17.6 Å². The average molecular weight is 342 g/mol. The van der Waals surface area contributed by atoms with E-state index in [1.807, 2.05) is 0 Å². The summed E-state index contributed by atoms with van der Waals surface area (Å²) in [6.45, 7) is -0.938. The van der Waals surface area contributed by atoms with Gasteiger partial charge in [0.15, 0.2) is 0 Å². The van der Waals surface area contributed by atoms with Crippen LogP contribution >= 0.6 is 15.9 Å². The van der Waals surface area contributed by atoms with E-state index in [1.165, 1.54) is 6.07 Å². The molecular formula is C9H9BrFNO5S. The number of aliphatic hydroxyl groups is 1. The number of aliphatic carboxylic acids is 1. The van der Waals surface area contributed by atoms with E-state index in [1.54, 1.807) is 4.72 Å². The van der Waals surface area contributed by atoms with Crippen LogP contribution in [0.15, 0.2) is 27.6 Å². The third kappa shape index (κ3) is 3.48. The van der Waals surface area contributed by atoms with E-state index in [0.717, 1.165) is 12.1 Å². The molecule has 0 aliphatic rings. The van der Waals surface area contributed by atoms with Gasteiger partial charge in [-0.2, -0.15) is 4.72 Å². The smallest absolute Gasteiger partial charge is 0.324 e. The van der Waals surface area contributed by atoms with Crippen molar-refractivity contribution in [3.63, 3.8) is 0 Å². The van der Waals surface area contributed by atoms with Crippen molar-refractivity contribution in [1.29, 1.82) is 0 Å². The fourth-order valence-corrected chi connectivity index (χ4v) is 2.68. The zero-order chi connectivity index (χ0) is 13.9. The molecular weight excluding hydrogens is 333 g/mol. The first-order valence-electron chi connectivity index (χ1n) is 4.59. The molecule has 1 atom stereocenters. The number of hydrogen-bond donors (Lipinski definition) is 3. The molecule has 0 unspecified atom stereocenters. The molecule has 0 saturated carbocycles. The van der Waals surface area contributed by atoms with Crippen LogP contribution in [0.5, 0.6) is 0 Å². The second-order valence-corrected chi connectivity index (χ2v) is 5.87. The Morgan fingerprint density at radius 3 is 2.56 bits per heavy atom. The summed E-state index contributed by atoms with van der Waals surface area (Å²) in [4.78, 5) is 9.90. The minimum atomic E-state index is -4.35. The molecule has 0 aromatic heterocycles. The Morgan fingerprint density at radius 2 is 2.11 bits per heavy atom. The fraction of sp³-hybridized carbons (Fsp3) is 0.222. The molecule has 1 aromatic carbocycles. The maximum absolute atomic E-state index is 13.4. The minimum Gasteiger partial charge on any atom is -0.480 e. The van der Waals surface area contributed by atoms with Gasteiger partial charge in [0.25, 0.3) is 0 Å². The SMILES string of the molecule is O=C(O)[C@@H](CO)NS(=O)(=O)c1ccc(Br)cc1F. The average Bonchev–Trinajstić information content (AvgIpc) is 2.24. The van der Waals surface area contributed by atoms with Crippen molar-refractivity contribution in [2.75, 3.05) is 6.61 Å². The van der Waals surface area contributed by atoms with Crippen LogP contribution in [0.4, 0.5) is 4.39 Å². The number of sulfonamides is 1. The fourth-order valence-electron chi connectivity index (χ4n) is 1.11. The second kappa shape index (κ2) is 5.74. The summed E-state index contributed by atoms with van der Waals surface area (Å²) < 4.78 is 38.9. The quantitative estimate of drug-likeness (QED) is 0.715. The first-order chi connectivity index (χ1) is 8.27. The van der Waals surface area contributed by atoms with Crippen LogP contribution in [0, 0.1) is 5.82 Å². The summed E-state index contributed by atoms with van der Waals surface area (Å²) in [7, 11) is -4.35. The summed E-state index contributed by atoms with van der Waals surface area (Å²) in [5.74, 6) is -2.59. The normalized spacial score (nSPS) is 13.3. The molecule has 0 aliphatic carbocycles. The van der Waals surface area contributed by atoms with Gasteiger partial charge in [-0.05, 0) is 18.2 Å². The van der Waals surface area contributed by atoms with E-state index >= 15 is 0 Å². The number of benzene rings is 1. The lowest BCUT2D eigenvalue weighted by atomic mass is 10.3. The highest BCUT2D eigenvalue weighted by molar-refractivity contribution is 9.10. The Labute approximate surface area is 111 Å². The van der Waals surface area contributed by atoms with Gasteiger partial charge in [0.1, 0.15) is 16.8 Å². The zero-order valence-corrected chi connectivity index (χ0v) is 11.2. The van der Waals surface area contributed by atoms with Gasteiger partial charge in [-0.25, -0.2) is 12.8 Å². The van der Waals surface area contributed by atoms with Gasteiger partial charge in [0.05, 0.1) is 6.61 Å². The maximum atomic E-state index is 13.4. The second-order valence-electron chi connectivity index (χ2n) is 3.27.